The molecule has 0 radical (unpaired) electrons. The minimum atomic E-state index is -0.123. The van der Waals surface area contributed by atoms with E-state index in [1.165, 1.54) is 6.20 Å². The zero-order valence-corrected chi connectivity index (χ0v) is 12.1. The Balaban J connectivity index is 2.00. The number of aldehydes is 1. The monoisotopic (exact) mass is 296 g/mol. The van der Waals surface area contributed by atoms with E-state index in [9.17, 15) is 9.59 Å². The van der Waals surface area contributed by atoms with Crippen LogP contribution < -0.4 is 4.90 Å². The molecule has 5 nitrogen and oxygen atoms in total. The molecule has 0 aromatic carbocycles. The highest BCUT2D eigenvalue weighted by atomic mass is 35.5. The van der Waals surface area contributed by atoms with Crippen molar-refractivity contribution in [2.24, 2.45) is 5.92 Å². The Morgan fingerprint density at radius 3 is 2.80 bits per heavy atom. The summed E-state index contributed by atoms with van der Waals surface area (Å²) >= 11 is 6.14. The first kappa shape index (κ1) is 14.8. The standard InChI is InChI=1S/C14H17ClN2O3/c1-2-20-14(19)11-3-5-17(6-4-11)13-12(15)7-10(9-18)8-16-13/h7-9,11H,2-6H2,1H3. The molecule has 108 valence electrons. The van der Waals surface area contributed by atoms with Crippen LogP contribution in [0, 0.1) is 5.92 Å². The van der Waals surface area contributed by atoms with Crippen LogP contribution in [-0.2, 0) is 9.53 Å². The second-order valence-electron chi connectivity index (χ2n) is 4.71. The van der Waals surface area contributed by atoms with Crippen molar-refractivity contribution >= 4 is 29.7 Å². The number of nitrogens with zero attached hydrogens (tertiary/aromatic N) is 2. The summed E-state index contributed by atoms with van der Waals surface area (Å²) in [5, 5.41) is 0.462. The van der Waals surface area contributed by atoms with Crippen LogP contribution >= 0.6 is 11.6 Å². The van der Waals surface area contributed by atoms with Crippen LogP contribution in [0.1, 0.15) is 30.1 Å². The number of pyridine rings is 1. The van der Waals surface area contributed by atoms with Gasteiger partial charge in [0.25, 0.3) is 0 Å². The first-order valence-electron chi connectivity index (χ1n) is 6.68. The van der Waals surface area contributed by atoms with Crippen molar-refractivity contribution in [3.05, 3.63) is 22.8 Å². The van der Waals surface area contributed by atoms with E-state index < -0.39 is 0 Å². The fourth-order valence-electron chi connectivity index (χ4n) is 2.33. The number of rotatable bonds is 4. The third kappa shape index (κ3) is 3.28. The molecule has 0 spiro atoms. The summed E-state index contributed by atoms with van der Waals surface area (Å²) < 4.78 is 5.04. The molecule has 1 aromatic rings. The summed E-state index contributed by atoms with van der Waals surface area (Å²) in [6, 6.07) is 1.61. The van der Waals surface area contributed by atoms with Gasteiger partial charge in [-0.3, -0.25) is 9.59 Å². The average Bonchev–Trinajstić information content (AvgIpc) is 2.47. The van der Waals surface area contributed by atoms with Crippen molar-refractivity contribution in [3.8, 4) is 0 Å². The van der Waals surface area contributed by atoms with Crippen LogP contribution in [0.15, 0.2) is 12.3 Å². The Labute approximate surface area is 122 Å². The van der Waals surface area contributed by atoms with Gasteiger partial charge in [-0.25, -0.2) is 4.98 Å². The van der Waals surface area contributed by atoms with Crippen LogP contribution in [0.25, 0.3) is 0 Å². The van der Waals surface area contributed by atoms with E-state index in [1.807, 2.05) is 11.8 Å². The van der Waals surface area contributed by atoms with Gasteiger partial charge in [0.05, 0.1) is 17.5 Å². The molecule has 0 aliphatic carbocycles. The van der Waals surface area contributed by atoms with Crippen molar-refractivity contribution in [2.45, 2.75) is 19.8 Å². The summed E-state index contributed by atoms with van der Waals surface area (Å²) in [7, 11) is 0. The molecule has 0 atom stereocenters. The minimum absolute atomic E-state index is 0.0424. The number of esters is 1. The second kappa shape index (κ2) is 6.70. The molecule has 1 saturated heterocycles. The van der Waals surface area contributed by atoms with E-state index in [0.717, 1.165) is 19.1 Å². The number of halogens is 1. The third-order valence-corrected chi connectivity index (χ3v) is 3.67. The number of hydrogen-bond acceptors (Lipinski definition) is 5. The number of carbonyl (C=O) groups excluding carboxylic acids is 2. The van der Waals surface area contributed by atoms with Crippen LogP contribution in [0.3, 0.4) is 0 Å². The minimum Gasteiger partial charge on any atom is -0.466 e. The van der Waals surface area contributed by atoms with Crippen LogP contribution in [0.2, 0.25) is 5.02 Å². The van der Waals surface area contributed by atoms with Crippen molar-refractivity contribution in [1.82, 2.24) is 4.98 Å². The molecule has 6 heteroatoms. The summed E-state index contributed by atoms with van der Waals surface area (Å²) in [6.07, 6.45) is 3.68. The molecule has 2 heterocycles. The summed E-state index contributed by atoms with van der Waals surface area (Å²) in [4.78, 5) is 28.6. The molecule has 0 amide bonds. The average molecular weight is 297 g/mol. The van der Waals surface area contributed by atoms with E-state index in [1.54, 1.807) is 6.07 Å². The molecule has 0 N–H and O–H groups in total. The highest BCUT2D eigenvalue weighted by molar-refractivity contribution is 6.33. The number of aromatic nitrogens is 1. The van der Waals surface area contributed by atoms with Crippen molar-refractivity contribution in [3.63, 3.8) is 0 Å². The lowest BCUT2D eigenvalue weighted by Gasteiger charge is -2.32. The fraction of sp³-hybridized carbons (Fsp3) is 0.500. The quantitative estimate of drug-likeness (QED) is 0.630. The third-order valence-electron chi connectivity index (χ3n) is 3.39. The summed E-state index contributed by atoms with van der Waals surface area (Å²) in [5.41, 5.74) is 0.458. The van der Waals surface area contributed by atoms with E-state index in [-0.39, 0.29) is 11.9 Å². The van der Waals surface area contributed by atoms with Gasteiger partial charge >= 0.3 is 5.97 Å². The molecule has 0 unspecified atom stereocenters. The van der Waals surface area contributed by atoms with Crippen LogP contribution in [0.5, 0.6) is 0 Å². The zero-order valence-electron chi connectivity index (χ0n) is 11.3. The van der Waals surface area contributed by atoms with Gasteiger partial charge in [-0.05, 0) is 25.8 Å². The Morgan fingerprint density at radius 1 is 1.55 bits per heavy atom. The highest BCUT2D eigenvalue weighted by Gasteiger charge is 2.27. The fourth-order valence-corrected chi connectivity index (χ4v) is 2.62. The van der Waals surface area contributed by atoms with Crippen molar-refractivity contribution in [2.75, 3.05) is 24.6 Å². The molecule has 2 rings (SSSR count). The molecule has 20 heavy (non-hydrogen) atoms. The number of piperidine rings is 1. The predicted octanol–water partition coefficient (Wildman–Crippen LogP) is 2.33. The Hall–Kier alpha value is -1.62. The Kier molecular flexibility index (Phi) is 4.95. The first-order valence-corrected chi connectivity index (χ1v) is 7.05. The van der Waals surface area contributed by atoms with E-state index >= 15 is 0 Å². The molecule has 0 saturated carbocycles. The van der Waals surface area contributed by atoms with Crippen LogP contribution in [-0.4, -0.2) is 36.9 Å². The molecular weight excluding hydrogens is 280 g/mol. The first-order chi connectivity index (χ1) is 9.65. The maximum atomic E-state index is 11.7. The van der Waals surface area contributed by atoms with Gasteiger partial charge in [0, 0.05) is 24.8 Å². The number of ether oxygens (including phenoxy) is 1. The van der Waals surface area contributed by atoms with E-state index in [0.29, 0.717) is 36.1 Å². The molecule has 1 aliphatic rings. The van der Waals surface area contributed by atoms with Crippen LogP contribution in [0.4, 0.5) is 5.82 Å². The maximum absolute atomic E-state index is 11.7. The van der Waals surface area contributed by atoms with Crippen molar-refractivity contribution in [1.29, 1.82) is 0 Å². The number of anilines is 1. The Bertz CT molecular complexity index is 499. The van der Waals surface area contributed by atoms with Gasteiger partial charge in [0.1, 0.15) is 5.82 Å². The largest absolute Gasteiger partial charge is 0.466 e. The smallest absolute Gasteiger partial charge is 0.309 e. The van der Waals surface area contributed by atoms with Crippen molar-refractivity contribution < 1.29 is 14.3 Å². The molecule has 0 bridgehead atoms. The van der Waals surface area contributed by atoms with E-state index in [4.69, 9.17) is 16.3 Å². The lowest BCUT2D eigenvalue weighted by Crippen LogP contribution is -2.37. The predicted molar refractivity (Wildman–Crippen MR) is 76.2 cm³/mol. The summed E-state index contributed by atoms with van der Waals surface area (Å²) in [6.45, 7) is 3.64. The van der Waals surface area contributed by atoms with E-state index in [2.05, 4.69) is 4.98 Å². The van der Waals surface area contributed by atoms with Gasteiger partial charge < -0.3 is 9.64 Å². The topological polar surface area (TPSA) is 59.5 Å². The van der Waals surface area contributed by atoms with Gasteiger partial charge in [-0.15, -0.1) is 0 Å². The summed E-state index contributed by atoms with van der Waals surface area (Å²) in [5.74, 6) is 0.501. The zero-order chi connectivity index (χ0) is 14.5. The van der Waals surface area contributed by atoms with Gasteiger partial charge in [-0.1, -0.05) is 11.6 Å². The maximum Gasteiger partial charge on any atom is 0.309 e. The number of carbonyl (C=O) groups is 2. The van der Waals surface area contributed by atoms with Gasteiger partial charge in [0.2, 0.25) is 0 Å². The SMILES string of the molecule is CCOC(=O)C1CCN(c2ncc(C=O)cc2Cl)CC1. The molecule has 1 aliphatic heterocycles. The Morgan fingerprint density at radius 2 is 2.25 bits per heavy atom. The number of hydrogen-bond donors (Lipinski definition) is 0. The lowest BCUT2D eigenvalue weighted by molar-refractivity contribution is -0.148. The normalized spacial score (nSPS) is 16.0. The second-order valence-corrected chi connectivity index (χ2v) is 5.11. The highest BCUT2D eigenvalue weighted by Crippen LogP contribution is 2.28. The molecule has 1 aromatic heterocycles. The molecular formula is C14H17ClN2O3. The van der Waals surface area contributed by atoms with Gasteiger partial charge in [0.15, 0.2) is 6.29 Å². The van der Waals surface area contributed by atoms with Gasteiger partial charge in [-0.2, -0.15) is 0 Å². The lowest BCUT2D eigenvalue weighted by atomic mass is 9.97. The molecule has 1 fully saturated rings.